The molecule has 4 nitrogen and oxygen atoms in total. The van der Waals surface area contributed by atoms with Crippen LogP contribution in [0.15, 0.2) is 6.07 Å². The summed E-state index contributed by atoms with van der Waals surface area (Å²) in [6.07, 6.45) is 2.33. The predicted octanol–water partition coefficient (Wildman–Crippen LogP) is 1.97. The zero-order valence-corrected chi connectivity index (χ0v) is 10.6. The lowest BCUT2D eigenvalue weighted by Gasteiger charge is -2.34. The Balaban J connectivity index is 2.19. The van der Waals surface area contributed by atoms with E-state index in [0.29, 0.717) is 16.3 Å². The molecule has 0 radical (unpaired) electrons. The minimum Gasteiger partial charge on any atom is -0.367 e. The fourth-order valence-electron chi connectivity index (χ4n) is 2.00. The minimum absolute atomic E-state index is 0.381. The third-order valence-corrected chi connectivity index (χ3v) is 3.32. The van der Waals surface area contributed by atoms with Crippen molar-refractivity contribution >= 4 is 28.9 Å². The number of likely N-dealkylation sites (N-methyl/N-ethyl adjacent to an activating group) is 1. The third-order valence-electron chi connectivity index (χ3n) is 2.87. The van der Waals surface area contributed by atoms with Crippen molar-refractivity contribution in [3.63, 3.8) is 0 Å². The molecule has 1 aromatic heterocycles. The average molecular weight is 261 g/mol. The third kappa shape index (κ3) is 2.56. The molecule has 2 rings (SSSR count). The van der Waals surface area contributed by atoms with Gasteiger partial charge in [0.05, 0.1) is 5.69 Å². The fraction of sp³-hybridized carbons (Fsp3) is 0.600. The van der Waals surface area contributed by atoms with E-state index in [9.17, 15) is 0 Å². The predicted molar refractivity (Wildman–Crippen MR) is 66.3 cm³/mol. The van der Waals surface area contributed by atoms with Crippen LogP contribution in [0.25, 0.3) is 0 Å². The van der Waals surface area contributed by atoms with Crippen LogP contribution in [-0.2, 0) is 0 Å². The molecule has 0 bridgehead atoms. The summed E-state index contributed by atoms with van der Waals surface area (Å²) in [5, 5.41) is 11.6. The summed E-state index contributed by atoms with van der Waals surface area (Å²) in [6, 6.07) is 2.27. The smallest absolute Gasteiger partial charge is 0.175 e. The highest BCUT2D eigenvalue weighted by Crippen LogP contribution is 2.27. The van der Waals surface area contributed by atoms with Gasteiger partial charge in [-0.05, 0) is 19.9 Å². The number of halogens is 2. The second-order valence-corrected chi connectivity index (χ2v) is 4.66. The van der Waals surface area contributed by atoms with Crippen LogP contribution in [0.2, 0.25) is 10.3 Å². The number of hydrogen-bond donors (Lipinski definition) is 1. The molecule has 1 atom stereocenters. The summed E-state index contributed by atoms with van der Waals surface area (Å²) in [4.78, 5) is 2.20. The molecule has 0 saturated carbocycles. The fourth-order valence-corrected chi connectivity index (χ4v) is 2.35. The Bertz CT molecular complexity index is 372. The second kappa shape index (κ2) is 5.17. The lowest BCUT2D eigenvalue weighted by molar-refractivity contribution is 0.449. The van der Waals surface area contributed by atoms with Crippen molar-refractivity contribution in [3.8, 4) is 0 Å². The summed E-state index contributed by atoms with van der Waals surface area (Å²) < 4.78 is 0. The first-order valence-corrected chi connectivity index (χ1v) is 6.07. The van der Waals surface area contributed by atoms with Crippen LogP contribution < -0.4 is 10.2 Å². The Kier molecular flexibility index (Phi) is 3.84. The molecule has 1 saturated heterocycles. The molecule has 1 N–H and O–H groups in total. The molecule has 1 unspecified atom stereocenters. The number of piperidine rings is 1. The standard InChI is InChI=1S/C10H14Cl2N4/c1-13-7-3-2-4-16(6-7)8-5-9(11)14-15-10(8)12/h5,7,13H,2-4,6H2,1H3. The van der Waals surface area contributed by atoms with Crippen molar-refractivity contribution in [2.45, 2.75) is 18.9 Å². The molecule has 0 aromatic carbocycles. The van der Waals surface area contributed by atoms with Gasteiger partial charge in [0.1, 0.15) is 0 Å². The highest BCUT2D eigenvalue weighted by molar-refractivity contribution is 6.33. The maximum atomic E-state index is 6.03. The molecule has 1 aliphatic rings. The van der Waals surface area contributed by atoms with Crippen molar-refractivity contribution in [2.75, 3.05) is 25.0 Å². The number of nitrogens with one attached hydrogen (secondary N) is 1. The second-order valence-electron chi connectivity index (χ2n) is 3.92. The molecular weight excluding hydrogens is 247 g/mol. The monoisotopic (exact) mass is 260 g/mol. The summed E-state index contributed by atoms with van der Waals surface area (Å²) in [5.41, 5.74) is 0.876. The van der Waals surface area contributed by atoms with Crippen LogP contribution in [0, 0.1) is 0 Å². The minimum atomic E-state index is 0.381. The summed E-state index contributed by atoms with van der Waals surface area (Å²) in [7, 11) is 1.98. The van der Waals surface area contributed by atoms with Gasteiger partial charge in [-0.15, -0.1) is 10.2 Å². The molecule has 88 valence electrons. The maximum absolute atomic E-state index is 6.03. The van der Waals surface area contributed by atoms with Crippen LogP contribution in [0.1, 0.15) is 12.8 Å². The zero-order chi connectivity index (χ0) is 11.5. The van der Waals surface area contributed by atoms with Gasteiger partial charge in [0, 0.05) is 25.2 Å². The topological polar surface area (TPSA) is 41.0 Å². The molecule has 16 heavy (non-hydrogen) atoms. The first-order valence-electron chi connectivity index (χ1n) is 5.31. The summed E-state index contributed by atoms with van der Waals surface area (Å²) in [5.74, 6) is 0. The van der Waals surface area contributed by atoms with E-state index in [1.54, 1.807) is 6.07 Å². The Morgan fingerprint density at radius 1 is 1.44 bits per heavy atom. The van der Waals surface area contributed by atoms with Gasteiger partial charge < -0.3 is 10.2 Å². The van der Waals surface area contributed by atoms with Gasteiger partial charge >= 0.3 is 0 Å². The largest absolute Gasteiger partial charge is 0.367 e. The average Bonchev–Trinajstić information content (AvgIpc) is 2.32. The lowest BCUT2D eigenvalue weighted by atomic mass is 10.1. The maximum Gasteiger partial charge on any atom is 0.175 e. The van der Waals surface area contributed by atoms with E-state index in [1.807, 2.05) is 7.05 Å². The van der Waals surface area contributed by atoms with Crippen LogP contribution in [-0.4, -0.2) is 36.4 Å². The molecule has 1 fully saturated rings. The normalized spacial score (nSPS) is 21.2. The molecule has 0 spiro atoms. The van der Waals surface area contributed by atoms with Gasteiger partial charge in [0.15, 0.2) is 10.3 Å². The van der Waals surface area contributed by atoms with Crippen molar-refractivity contribution in [2.24, 2.45) is 0 Å². The lowest BCUT2D eigenvalue weighted by Crippen LogP contribution is -2.44. The highest BCUT2D eigenvalue weighted by Gasteiger charge is 2.21. The van der Waals surface area contributed by atoms with Crippen LogP contribution in [0.5, 0.6) is 0 Å². The Morgan fingerprint density at radius 2 is 2.25 bits per heavy atom. The number of rotatable bonds is 2. The Hall–Kier alpha value is -0.580. The van der Waals surface area contributed by atoms with Crippen molar-refractivity contribution in [3.05, 3.63) is 16.4 Å². The van der Waals surface area contributed by atoms with E-state index in [1.165, 1.54) is 6.42 Å². The van der Waals surface area contributed by atoms with Gasteiger partial charge in [0.2, 0.25) is 0 Å². The summed E-state index contributed by atoms with van der Waals surface area (Å²) >= 11 is 11.9. The van der Waals surface area contributed by atoms with Gasteiger partial charge in [-0.25, -0.2) is 0 Å². The Morgan fingerprint density at radius 3 is 3.00 bits per heavy atom. The van der Waals surface area contributed by atoms with Crippen LogP contribution >= 0.6 is 23.2 Å². The molecule has 0 aliphatic carbocycles. The van der Waals surface area contributed by atoms with Gasteiger partial charge in [-0.3, -0.25) is 0 Å². The molecule has 1 aromatic rings. The molecular formula is C10H14Cl2N4. The van der Waals surface area contributed by atoms with Gasteiger partial charge in [0.25, 0.3) is 0 Å². The van der Waals surface area contributed by atoms with E-state index in [4.69, 9.17) is 23.2 Å². The van der Waals surface area contributed by atoms with E-state index in [0.717, 1.165) is 25.2 Å². The zero-order valence-electron chi connectivity index (χ0n) is 9.08. The van der Waals surface area contributed by atoms with E-state index in [2.05, 4.69) is 20.4 Å². The molecule has 1 aliphatic heterocycles. The quantitative estimate of drug-likeness (QED) is 0.883. The number of aromatic nitrogens is 2. The van der Waals surface area contributed by atoms with Crippen molar-refractivity contribution < 1.29 is 0 Å². The van der Waals surface area contributed by atoms with Gasteiger partial charge in [-0.2, -0.15) is 0 Å². The first kappa shape index (κ1) is 11.9. The summed E-state index contributed by atoms with van der Waals surface area (Å²) in [6.45, 7) is 1.91. The number of hydrogen-bond acceptors (Lipinski definition) is 4. The number of anilines is 1. The molecule has 6 heteroatoms. The van der Waals surface area contributed by atoms with Crippen molar-refractivity contribution in [1.82, 2.24) is 15.5 Å². The molecule has 0 amide bonds. The highest BCUT2D eigenvalue weighted by atomic mass is 35.5. The van der Waals surface area contributed by atoms with Gasteiger partial charge in [-0.1, -0.05) is 23.2 Å². The SMILES string of the molecule is CNC1CCCN(c2cc(Cl)nnc2Cl)C1. The Labute approximate surface area is 105 Å². The van der Waals surface area contributed by atoms with Crippen molar-refractivity contribution in [1.29, 1.82) is 0 Å². The van der Waals surface area contributed by atoms with Crippen LogP contribution in [0.3, 0.4) is 0 Å². The van der Waals surface area contributed by atoms with E-state index in [-0.39, 0.29) is 0 Å². The molecule has 2 heterocycles. The van der Waals surface area contributed by atoms with Crippen LogP contribution in [0.4, 0.5) is 5.69 Å². The number of nitrogens with zero attached hydrogens (tertiary/aromatic N) is 3. The van der Waals surface area contributed by atoms with E-state index >= 15 is 0 Å². The van der Waals surface area contributed by atoms with E-state index < -0.39 is 0 Å². The first-order chi connectivity index (χ1) is 7.70.